The van der Waals surface area contributed by atoms with Crippen molar-refractivity contribution in [1.29, 1.82) is 0 Å². The van der Waals surface area contributed by atoms with Gasteiger partial charge in [-0.15, -0.1) is 0 Å². The lowest BCUT2D eigenvalue weighted by molar-refractivity contribution is -0.160. The average Bonchev–Trinajstić information content (AvgIpc) is 2.57. The lowest BCUT2D eigenvalue weighted by Gasteiger charge is -2.30. The Balaban J connectivity index is 2.32. The van der Waals surface area contributed by atoms with Crippen LogP contribution in [0.4, 0.5) is 0 Å². The van der Waals surface area contributed by atoms with Crippen LogP contribution in [0.3, 0.4) is 0 Å². The van der Waals surface area contributed by atoms with Gasteiger partial charge in [0.05, 0.1) is 7.11 Å². The highest BCUT2D eigenvalue weighted by atomic mass is 16.6. The van der Waals surface area contributed by atoms with Crippen molar-refractivity contribution in [3.8, 4) is 0 Å². The summed E-state index contributed by atoms with van der Waals surface area (Å²) in [6.07, 6.45) is 5.89. The summed E-state index contributed by atoms with van der Waals surface area (Å²) >= 11 is 0. The van der Waals surface area contributed by atoms with Crippen LogP contribution in [0.15, 0.2) is 11.6 Å². The van der Waals surface area contributed by atoms with Gasteiger partial charge in [0.2, 0.25) is 0 Å². The highest BCUT2D eigenvalue weighted by Gasteiger charge is 2.35. The summed E-state index contributed by atoms with van der Waals surface area (Å²) in [5, 5.41) is 19.7. The van der Waals surface area contributed by atoms with Gasteiger partial charge in [0.15, 0.2) is 0 Å². The summed E-state index contributed by atoms with van der Waals surface area (Å²) in [5.74, 6) is -1.000. The Bertz CT molecular complexity index is 431. The first-order valence-corrected chi connectivity index (χ1v) is 8.84. The van der Waals surface area contributed by atoms with Crippen LogP contribution in [0.25, 0.3) is 0 Å². The number of ether oxygens (including phenoxy) is 2. The van der Waals surface area contributed by atoms with Crippen LogP contribution in [0.1, 0.15) is 64.7 Å². The van der Waals surface area contributed by atoms with Gasteiger partial charge < -0.3 is 19.7 Å². The van der Waals surface area contributed by atoms with Crippen LogP contribution in [0.5, 0.6) is 0 Å². The number of aliphatic hydroxyl groups excluding tert-OH is 2. The number of carbonyl (C=O) groups excluding carboxylic acids is 2. The first-order chi connectivity index (χ1) is 11.5. The fourth-order valence-corrected chi connectivity index (χ4v) is 2.78. The van der Waals surface area contributed by atoms with Crippen LogP contribution >= 0.6 is 0 Å². The number of methoxy groups -OCH3 is 1. The average molecular weight is 342 g/mol. The van der Waals surface area contributed by atoms with Crippen LogP contribution in [0.2, 0.25) is 0 Å². The van der Waals surface area contributed by atoms with E-state index in [4.69, 9.17) is 4.74 Å². The van der Waals surface area contributed by atoms with Crippen molar-refractivity contribution in [2.75, 3.05) is 7.11 Å². The van der Waals surface area contributed by atoms with Crippen molar-refractivity contribution in [1.82, 2.24) is 0 Å². The third kappa shape index (κ3) is 7.01. The Morgan fingerprint density at radius 1 is 1.12 bits per heavy atom. The Morgan fingerprint density at radius 3 is 2.38 bits per heavy atom. The number of esters is 2. The quantitative estimate of drug-likeness (QED) is 0.467. The second-order valence-corrected chi connectivity index (χ2v) is 6.27. The Hall–Kier alpha value is -1.40. The molecule has 1 aliphatic carbocycles. The Kier molecular flexibility index (Phi) is 9.64. The molecule has 0 aliphatic heterocycles. The molecule has 1 aliphatic rings. The molecule has 0 aromatic carbocycles. The molecule has 6 heteroatoms. The lowest BCUT2D eigenvalue weighted by atomic mass is 9.92. The summed E-state index contributed by atoms with van der Waals surface area (Å²) in [4.78, 5) is 23.4. The molecule has 0 amide bonds. The van der Waals surface area contributed by atoms with Crippen molar-refractivity contribution in [2.24, 2.45) is 0 Å². The van der Waals surface area contributed by atoms with E-state index >= 15 is 0 Å². The van der Waals surface area contributed by atoms with Crippen molar-refractivity contribution >= 4 is 11.9 Å². The molecule has 138 valence electrons. The summed E-state index contributed by atoms with van der Waals surface area (Å²) in [6, 6.07) is 0. The van der Waals surface area contributed by atoms with Crippen LogP contribution in [0, 0.1) is 0 Å². The van der Waals surface area contributed by atoms with E-state index in [-0.39, 0.29) is 18.4 Å². The van der Waals surface area contributed by atoms with Crippen LogP contribution in [-0.2, 0) is 19.1 Å². The molecule has 0 aromatic rings. The highest BCUT2D eigenvalue weighted by Crippen LogP contribution is 2.23. The van der Waals surface area contributed by atoms with Gasteiger partial charge in [-0.1, -0.05) is 45.4 Å². The van der Waals surface area contributed by atoms with Crippen molar-refractivity contribution in [2.45, 2.75) is 83.0 Å². The number of hydrogen-bond acceptors (Lipinski definition) is 6. The smallest absolute Gasteiger partial charge is 0.333 e. The van der Waals surface area contributed by atoms with E-state index in [9.17, 15) is 19.8 Å². The lowest BCUT2D eigenvalue weighted by Crippen LogP contribution is -2.43. The molecule has 24 heavy (non-hydrogen) atoms. The zero-order valence-corrected chi connectivity index (χ0v) is 14.7. The molecule has 0 unspecified atom stereocenters. The molecule has 0 aromatic heterocycles. The number of aliphatic hydroxyl groups is 2. The van der Waals surface area contributed by atoms with E-state index in [1.165, 1.54) is 38.9 Å². The van der Waals surface area contributed by atoms with Gasteiger partial charge >= 0.3 is 11.9 Å². The molecule has 6 nitrogen and oxygen atoms in total. The highest BCUT2D eigenvalue weighted by molar-refractivity contribution is 5.88. The normalized spacial score (nSPS) is 23.5. The maximum absolute atomic E-state index is 11.9. The molecular formula is C18H30O6. The molecule has 3 atom stereocenters. The zero-order chi connectivity index (χ0) is 17.9. The van der Waals surface area contributed by atoms with Gasteiger partial charge in [-0.25, -0.2) is 4.79 Å². The van der Waals surface area contributed by atoms with Gasteiger partial charge in [-0.2, -0.15) is 0 Å². The van der Waals surface area contributed by atoms with Crippen molar-refractivity contribution in [3.05, 3.63) is 11.6 Å². The minimum atomic E-state index is -1.25. The van der Waals surface area contributed by atoms with Crippen molar-refractivity contribution in [3.63, 3.8) is 0 Å². The fraction of sp³-hybridized carbons (Fsp3) is 0.778. The van der Waals surface area contributed by atoms with Crippen LogP contribution < -0.4 is 0 Å². The second-order valence-electron chi connectivity index (χ2n) is 6.27. The van der Waals surface area contributed by atoms with E-state index in [0.29, 0.717) is 0 Å². The predicted molar refractivity (Wildman–Crippen MR) is 89.2 cm³/mol. The maximum atomic E-state index is 11.9. The predicted octanol–water partition coefficient (Wildman–Crippen LogP) is 2.26. The molecule has 2 N–H and O–H groups in total. The molecule has 0 saturated heterocycles. The molecule has 0 radical (unpaired) electrons. The summed E-state index contributed by atoms with van der Waals surface area (Å²) in [7, 11) is 1.24. The van der Waals surface area contributed by atoms with Crippen molar-refractivity contribution < 1.29 is 29.3 Å². The van der Waals surface area contributed by atoms with E-state index in [1.807, 2.05) is 0 Å². The first kappa shape index (κ1) is 20.6. The van der Waals surface area contributed by atoms with E-state index < -0.39 is 30.3 Å². The third-order valence-electron chi connectivity index (χ3n) is 4.24. The van der Waals surface area contributed by atoms with Gasteiger partial charge in [-0.05, 0) is 12.5 Å². The van der Waals surface area contributed by atoms with Gasteiger partial charge in [0.1, 0.15) is 18.3 Å². The second kappa shape index (κ2) is 11.2. The molecule has 0 fully saturated rings. The summed E-state index contributed by atoms with van der Waals surface area (Å²) < 4.78 is 9.85. The molecule has 0 spiro atoms. The summed E-state index contributed by atoms with van der Waals surface area (Å²) in [5.41, 5.74) is 0.212. The Morgan fingerprint density at radius 2 is 1.75 bits per heavy atom. The maximum Gasteiger partial charge on any atom is 0.333 e. The number of unbranched alkanes of at least 4 members (excludes halogenated alkanes) is 6. The van der Waals surface area contributed by atoms with Gasteiger partial charge in [0, 0.05) is 18.4 Å². The van der Waals surface area contributed by atoms with Gasteiger partial charge in [0.25, 0.3) is 0 Å². The van der Waals surface area contributed by atoms with E-state index in [0.717, 1.165) is 19.3 Å². The Labute approximate surface area is 143 Å². The molecule has 1 rings (SSSR count). The van der Waals surface area contributed by atoms with E-state index in [2.05, 4.69) is 11.7 Å². The van der Waals surface area contributed by atoms with Crippen LogP contribution in [-0.4, -0.2) is 47.6 Å². The third-order valence-corrected chi connectivity index (χ3v) is 4.24. The standard InChI is InChI=1S/C18H30O6/c1-3-4-5-6-7-8-9-10-16(20)24-15-12-13(18(22)23-2)11-14(19)17(15)21/h11,14-15,17,19,21H,3-10,12H2,1-2H3/t14-,15-,17-/m1/s1. The van der Waals surface area contributed by atoms with E-state index in [1.54, 1.807) is 0 Å². The minimum Gasteiger partial charge on any atom is -0.466 e. The molecule has 0 saturated carbocycles. The topological polar surface area (TPSA) is 93.1 Å². The molecular weight excluding hydrogens is 312 g/mol. The SMILES string of the molecule is CCCCCCCCCC(=O)O[C@@H]1CC(C(=O)OC)=C[C@@H](O)[C@H]1O. The molecule has 0 heterocycles. The number of hydrogen-bond donors (Lipinski definition) is 2. The largest absolute Gasteiger partial charge is 0.466 e. The number of carbonyl (C=O) groups is 2. The summed E-state index contributed by atoms with van der Waals surface area (Å²) in [6.45, 7) is 2.17. The minimum absolute atomic E-state index is 0.0493. The first-order valence-electron chi connectivity index (χ1n) is 8.84. The number of rotatable bonds is 10. The fourth-order valence-electron chi connectivity index (χ4n) is 2.78. The monoisotopic (exact) mass is 342 g/mol. The zero-order valence-electron chi connectivity index (χ0n) is 14.7. The molecule has 0 bridgehead atoms. The van der Waals surface area contributed by atoms with Gasteiger partial charge in [-0.3, -0.25) is 4.79 Å².